The van der Waals surface area contributed by atoms with E-state index >= 15 is 0 Å². The van der Waals surface area contributed by atoms with Gasteiger partial charge in [0.2, 0.25) is 0 Å². The van der Waals surface area contributed by atoms with Gasteiger partial charge < -0.3 is 14.4 Å². The highest BCUT2D eigenvalue weighted by atomic mass is 79.9. The van der Waals surface area contributed by atoms with Crippen molar-refractivity contribution < 1.29 is 14.3 Å². The van der Waals surface area contributed by atoms with Crippen molar-refractivity contribution in [2.24, 2.45) is 0 Å². The van der Waals surface area contributed by atoms with Gasteiger partial charge in [-0.05, 0) is 74.1 Å². The van der Waals surface area contributed by atoms with Crippen molar-refractivity contribution in [1.29, 1.82) is 0 Å². The Morgan fingerprint density at radius 3 is 2.48 bits per heavy atom. The summed E-state index contributed by atoms with van der Waals surface area (Å²) < 4.78 is 12.5. The average Bonchev–Trinajstić information content (AvgIpc) is 3.18. The van der Waals surface area contributed by atoms with Gasteiger partial charge in [-0.25, -0.2) is 0 Å². The van der Waals surface area contributed by atoms with Gasteiger partial charge in [-0.3, -0.25) is 4.79 Å². The number of amides is 1. The van der Waals surface area contributed by atoms with Crippen LogP contribution in [0.3, 0.4) is 0 Å². The van der Waals surface area contributed by atoms with E-state index in [0.29, 0.717) is 18.2 Å². The molecule has 4 nitrogen and oxygen atoms in total. The van der Waals surface area contributed by atoms with E-state index in [1.54, 1.807) is 7.11 Å². The smallest absolute Gasteiger partial charge is 0.255 e. The quantitative estimate of drug-likeness (QED) is 0.566. The highest BCUT2D eigenvalue weighted by molar-refractivity contribution is 9.10. The second-order valence-electron chi connectivity index (χ2n) is 8.16. The number of benzene rings is 2. The SMILES string of the molecule is COc1ccc(CN2C(=O)C3(CCCC3)OCC2(C)c2cc(Cl)cc(Br)c2)cc1. The number of carbonyl (C=O) groups excluding carboxylic acids is 1. The predicted molar refractivity (Wildman–Crippen MR) is 117 cm³/mol. The molecular weight excluding hydrogens is 454 g/mol. The van der Waals surface area contributed by atoms with Crippen LogP contribution in [0.5, 0.6) is 5.75 Å². The molecule has 4 rings (SSSR count). The van der Waals surface area contributed by atoms with E-state index in [4.69, 9.17) is 21.1 Å². The van der Waals surface area contributed by atoms with E-state index in [0.717, 1.165) is 47.0 Å². The first-order valence-corrected chi connectivity index (χ1v) is 11.1. The minimum atomic E-state index is -0.679. The third-order valence-corrected chi connectivity index (χ3v) is 6.93. The van der Waals surface area contributed by atoms with Gasteiger partial charge in [0, 0.05) is 16.0 Å². The number of morpholine rings is 1. The van der Waals surface area contributed by atoms with Crippen LogP contribution in [0.1, 0.15) is 43.7 Å². The molecule has 2 aromatic carbocycles. The molecule has 0 aromatic heterocycles. The lowest BCUT2D eigenvalue weighted by Crippen LogP contribution is -2.63. The number of ether oxygens (including phenoxy) is 2. The maximum atomic E-state index is 13.8. The van der Waals surface area contributed by atoms with E-state index in [1.807, 2.05) is 47.4 Å². The maximum absolute atomic E-state index is 13.8. The molecule has 2 fully saturated rings. The highest BCUT2D eigenvalue weighted by Gasteiger charge is 2.54. The van der Waals surface area contributed by atoms with E-state index in [-0.39, 0.29) is 5.91 Å². The fourth-order valence-electron chi connectivity index (χ4n) is 4.46. The molecule has 6 heteroatoms. The molecule has 1 spiro atoms. The maximum Gasteiger partial charge on any atom is 0.255 e. The molecule has 1 aliphatic carbocycles. The Labute approximate surface area is 185 Å². The van der Waals surface area contributed by atoms with Crippen molar-refractivity contribution in [2.45, 2.75) is 50.3 Å². The van der Waals surface area contributed by atoms with Crippen LogP contribution in [0.2, 0.25) is 5.02 Å². The fourth-order valence-corrected chi connectivity index (χ4v) is 5.32. The zero-order valence-corrected chi connectivity index (χ0v) is 19.1. The Morgan fingerprint density at radius 1 is 1.17 bits per heavy atom. The van der Waals surface area contributed by atoms with Crippen molar-refractivity contribution in [3.05, 3.63) is 63.1 Å². The Morgan fingerprint density at radius 2 is 1.86 bits per heavy atom. The Balaban J connectivity index is 1.74. The van der Waals surface area contributed by atoms with Crippen molar-refractivity contribution in [3.8, 4) is 5.75 Å². The fraction of sp³-hybridized carbons (Fsp3) is 0.435. The van der Waals surface area contributed by atoms with Crippen LogP contribution < -0.4 is 4.74 Å². The second-order valence-corrected chi connectivity index (χ2v) is 9.51. The molecule has 0 bridgehead atoms. The summed E-state index contributed by atoms with van der Waals surface area (Å²) in [5, 5.41) is 0.633. The van der Waals surface area contributed by atoms with Gasteiger partial charge >= 0.3 is 0 Å². The number of hydrogen-bond acceptors (Lipinski definition) is 3. The van der Waals surface area contributed by atoms with Crippen molar-refractivity contribution in [1.82, 2.24) is 4.90 Å². The van der Waals surface area contributed by atoms with Gasteiger partial charge in [-0.2, -0.15) is 0 Å². The van der Waals surface area contributed by atoms with Gasteiger partial charge in [0.05, 0.1) is 19.3 Å². The summed E-state index contributed by atoms with van der Waals surface area (Å²) in [6.07, 6.45) is 3.64. The third kappa shape index (κ3) is 3.80. The number of halogens is 2. The third-order valence-electron chi connectivity index (χ3n) is 6.26. The monoisotopic (exact) mass is 477 g/mol. The lowest BCUT2D eigenvalue weighted by Gasteiger charge is -2.51. The van der Waals surface area contributed by atoms with Crippen LogP contribution in [0.4, 0.5) is 0 Å². The number of nitrogens with zero attached hydrogens (tertiary/aromatic N) is 1. The topological polar surface area (TPSA) is 38.8 Å². The molecule has 1 aliphatic heterocycles. The first-order valence-electron chi connectivity index (χ1n) is 9.92. The molecule has 1 unspecified atom stereocenters. The molecule has 0 radical (unpaired) electrons. The number of carbonyl (C=O) groups is 1. The van der Waals surface area contributed by atoms with Crippen molar-refractivity contribution >= 4 is 33.4 Å². The predicted octanol–water partition coefficient (Wildman–Crippen LogP) is 5.70. The van der Waals surface area contributed by atoms with Gasteiger partial charge in [-0.15, -0.1) is 0 Å². The van der Waals surface area contributed by atoms with E-state index in [1.165, 1.54) is 0 Å². The minimum Gasteiger partial charge on any atom is -0.497 e. The molecule has 1 saturated heterocycles. The molecule has 1 saturated carbocycles. The lowest BCUT2D eigenvalue weighted by atomic mass is 9.84. The summed E-state index contributed by atoms with van der Waals surface area (Å²) in [6.45, 7) is 3.02. The molecule has 29 heavy (non-hydrogen) atoms. The normalized spacial score (nSPS) is 23.6. The van der Waals surface area contributed by atoms with Crippen LogP contribution in [-0.2, 0) is 21.6 Å². The molecule has 2 aromatic rings. The van der Waals surface area contributed by atoms with E-state index in [2.05, 4.69) is 22.9 Å². The molecule has 1 atom stereocenters. The number of hydrogen-bond donors (Lipinski definition) is 0. The first kappa shape index (κ1) is 20.7. The summed E-state index contributed by atoms with van der Waals surface area (Å²) in [4.78, 5) is 15.8. The molecule has 1 heterocycles. The molecule has 1 amide bonds. The van der Waals surface area contributed by atoms with Gasteiger partial charge in [-0.1, -0.05) is 39.7 Å². The van der Waals surface area contributed by atoms with Gasteiger partial charge in [0.25, 0.3) is 5.91 Å². The number of methoxy groups -OCH3 is 1. The molecular formula is C23H25BrClNO3. The zero-order valence-electron chi connectivity index (χ0n) is 16.7. The average molecular weight is 479 g/mol. The van der Waals surface area contributed by atoms with Crippen LogP contribution in [-0.4, -0.2) is 30.1 Å². The Bertz CT molecular complexity index is 891. The summed E-state index contributed by atoms with van der Waals surface area (Å²) in [5.41, 5.74) is 0.730. The number of rotatable bonds is 4. The summed E-state index contributed by atoms with van der Waals surface area (Å²) in [5.74, 6) is 0.881. The highest BCUT2D eigenvalue weighted by Crippen LogP contribution is 2.45. The Kier molecular flexibility index (Phi) is 5.66. The van der Waals surface area contributed by atoms with Crippen molar-refractivity contribution in [3.63, 3.8) is 0 Å². The zero-order chi connectivity index (χ0) is 20.6. The standard InChI is InChI=1S/C23H25BrClNO3/c1-22(17-11-18(24)13-19(25)12-17)15-29-23(9-3-4-10-23)21(27)26(22)14-16-5-7-20(28-2)8-6-16/h5-8,11-13H,3-4,9-10,14-15H2,1-2H3. The van der Waals surface area contributed by atoms with E-state index in [9.17, 15) is 4.79 Å². The molecule has 2 aliphatic rings. The largest absolute Gasteiger partial charge is 0.497 e. The van der Waals surface area contributed by atoms with Crippen LogP contribution >= 0.6 is 27.5 Å². The van der Waals surface area contributed by atoms with Crippen LogP contribution in [0.25, 0.3) is 0 Å². The first-order chi connectivity index (χ1) is 13.9. The lowest BCUT2D eigenvalue weighted by molar-refractivity contribution is -0.194. The van der Waals surface area contributed by atoms with E-state index < -0.39 is 11.1 Å². The summed E-state index contributed by atoms with van der Waals surface area (Å²) >= 11 is 9.88. The summed E-state index contributed by atoms with van der Waals surface area (Å²) in [6, 6.07) is 13.7. The minimum absolute atomic E-state index is 0.0793. The molecule has 0 N–H and O–H groups in total. The van der Waals surface area contributed by atoms with Gasteiger partial charge in [0.1, 0.15) is 11.4 Å². The Hall–Kier alpha value is -1.56. The van der Waals surface area contributed by atoms with Crippen LogP contribution in [0, 0.1) is 0 Å². The second kappa shape index (κ2) is 7.93. The summed E-state index contributed by atoms with van der Waals surface area (Å²) in [7, 11) is 1.65. The molecule has 154 valence electrons. The van der Waals surface area contributed by atoms with Crippen LogP contribution in [0.15, 0.2) is 46.9 Å². The van der Waals surface area contributed by atoms with Gasteiger partial charge in [0.15, 0.2) is 0 Å². The van der Waals surface area contributed by atoms with Crippen molar-refractivity contribution in [2.75, 3.05) is 13.7 Å².